The molecule has 0 aliphatic heterocycles. The number of likely N-dealkylation sites (N-methyl/N-ethyl adjacent to an activating group) is 1. The van der Waals surface area contributed by atoms with Gasteiger partial charge in [0.2, 0.25) is 0 Å². The van der Waals surface area contributed by atoms with E-state index in [1.165, 1.54) is 77.0 Å². The highest BCUT2D eigenvalue weighted by atomic mass is 16.5. The molecule has 0 heterocycles. The number of ether oxygens (including phenoxy) is 1. The second-order valence-corrected chi connectivity index (χ2v) is 10.5. The molecule has 2 unspecified atom stereocenters. The van der Waals surface area contributed by atoms with Crippen molar-refractivity contribution < 1.29 is 23.9 Å². The third-order valence-corrected chi connectivity index (χ3v) is 5.82. The summed E-state index contributed by atoms with van der Waals surface area (Å²) in [5.74, 6) is -0.843. The highest BCUT2D eigenvalue weighted by molar-refractivity contribution is 5.70. The highest BCUT2D eigenvalue weighted by Gasteiger charge is 2.22. The number of unbranched alkanes of at least 4 members (excludes halogenated alkanes) is 10. The normalized spacial score (nSPS) is 13.7. The predicted molar refractivity (Wildman–Crippen MR) is 126 cm³/mol. The molecule has 0 saturated heterocycles. The molecular weight excluding hydrogens is 390 g/mol. The number of hydrogen-bond acceptors (Lipinski definition) is 4. The largest absolute Gasteiger partial charge is 0.550 e. The molecule has 184 valence electrons. The van der Waals surface area contributed by atoms with Crippen LogP contribution in [-0.2, 0) is 14.3 Å². The SMILES string of the molecule is CCCCCCCCCCCCCC(C)CCCC(=O)OC(CC(=O)[O-])C[N+](C)(C)C. The standard InChI is InChI=1S/C26H51NO4/c1-6-7-8-9-10-11-12-13-14-15-16-18-23(2)19-17-20-26(30)31-24(21-25(28)29)22-27(3,4)5/h23-24H,6-22H2,1-5H3. The molecule has 0 bridgehead atoms. The van der Waals surface area contributed by atoms with Gasteiger partial charge in [0.25, 0.3) is 0 Å². The minimum absolute atomic E-state index is 0.240. The van der Waals surface area contributed by atoms with Crippen LogP contribution in [0.1, 0.15) is 117 Å². The molecule has 5 heteroatoms. The van der Waals surface area contributed by atoms with Gasteiger partial charge in [-0.1, -0.05) is 97.3 Å². The van der Waals surface area contributed by atoms with Crippen LogP contribution < -0.4 is 5.11 Å². The molecule has 0 fully saturated rings. The molecule has 0 aliphatic carbocycles. The Morgan fingerprint density at radius 1 is 0.806 bits per heavy atom. The lowest BCUT2D eigenvalue weighted by Gasteiger charge is -2.29. The van der Waals surface area contributed by atoms with Crippen LogP contribution in [0.5, 0.6) is 0 Å². The number of carbonyl (C=O) groups is 2. The Labute approximate surface area is 192 Å². The first kappa shape index (κ1) is 29.9. The van der Waals surface area contributed by atoms with E-state index in [1.807, 2.05) is 21.1 Å². The van der Waals surface area contributed by atoms with Gasteiger partial charge in [-0.15, -0.1) is 0 Å². The molecule has 0 rings (SSSR count). The van der Waals surface area contributed by atoms with E-state index in [-0.39, 0.29) is 12.4 Å². The number of rotatable bonds is 21. The summed E-state index contributed by atoms with van der Waals surface area (Å²) < 4.78 is 5.96. The zero-order valence-corrected chi connectivity index (χ0v) is 21.3. The number of hydrogen-bond donors (Lipinski definition) is 0. The third kappa shape index (κ3) is 21.9. The van der Waals surface area contributed by atoms with E-state index in [2.05, 4.69) is 13.8 Å². The summed E-state index contributed by atoms with van der Waals surface area (Å²) in [4.78, 5) is 23.0. The Morgan fingerprint density at radius 3 is 1.77 bits per heavy atom. The van der Waals surface area contributed by atoms with Crippen molar-refractivity contribution in [3.63, 3.8) is 0 Å². The Balaban J connectivity index is 3.73. The molecule has 0 aromatic heterocycles. The fraction of sp³-hybridized carbons (Fsp3) is 0.923. The summed E-state index contributed by atoms with van der Waals surface area (Å²) in [7, 11) is 5.85. The van der Waals surface area contributed by atoms with Crippen molar-refractivity contribution in [2.45, 2.75) is 123 Å². The van der Waals surface area contributed by atoms with Gasteiger partial charge in [-0.3, -0.25) is 4.79 Å². The van der Waals surface area contributed by atoms with Gasteiger partial charge in [-0.25, -0.2) is 0 Å². The first-order valence-corrected chi connectivity index (χ1v) is 12.8. The number of carboxylic acid groups (broad SMARTS) is 1. The Morgan fingerprint density at radius 2 is 1.29 bits per heavy atom. The summed E-state index contributed by atoms with van der Waals surface area (Å²) in [6, 6.07) is 0. The van der Waals surface area contributed by atoms with Gasteiger partial charge in [0.15, 0.2) is 6.10 Å². The maximum atomic E-state index is 12.1. The van der Waals surface area contributed by atoms with Crippen molar-refractivity contribution in [1.82, 2.24) is 0 Å². The first-order valence-electron chi connectivity index (χ1n) is 12.8. The zero-order valence-electron chi connectivity index (χ0n) is 21.3. The van der Waals surface area contributed by atoms with E-state index in [1.54, 1.807) is 0 Å². The number of nitrogens with zero attached hydrogens (tertiary/aromatic N) is 1. The predicted octanol–water partition coefficient (Wildman–Crippen LogP) is 5.25. The van der Waals surface area contributed by atoms with Crippen LogP contribution >= 0.6 is 0 Å². The second kappa shape index (κ2) is 18.5. The fourth-order valence-electron chi connectivity index (χ4n) is 4.08. The van der Waals surface area contributed by atoms with Crippen molar-refractivity contribution in [3.05, 3.63) is 0 Å². The quantitative estimate of drug-likeness (QED) is 0.139. The van der Waals surface area contributed by atoms with Crippen molar-refractivity contribution in [2.75, 3.05) is 27.7 Å². The molecule has 0 saturated carbocycles. The van der Waals surface area contributed by atoms with Gasteiger partial charge in [0.05, 0.1) is 21.1 Å². The summed E-state index contributed by atoms with van der Waals surface area (Å²) in [5, 5.41) is 10.9. The van der Waals surface area contributed by atoms with Crippen LogP contribution in [0.25, 0.3) is 0 Å². The smallest absolute Gasteiger partial charge is 0.306 e. The van der Waals surface area contributed by atoms with Crippen LogP contribution in [0.2, 0.25) is 0 Å². The van der Waals surface area contributed by atoms with E-state index in [4.69, 9.17) is 4.74 Å². The Hall–Kier alpha value is -1.10. The Bertz CT molecular complexity index is 459. The summed E-state index contributed by atoms with van der Waals surface area (Å²) in [5.41, 5.74) is 0. The average molecular weight is 442 g/mol. The summed E-state index contributed by atoms with van der Waals surface area (Å²) in [6.45, 7) is 4.99. The van der Waals surface area contributed by atoms with Crippen molar-refractivity contribution in [2.24, 2.45) is 5.92 Å². The second-order valence-electron chi connectivity index (χ2n) is 10.5. The molecule has 31 heavy (non-hydrogen) atoms. The number of esters is 1. The maximum absolute atomic E-state index is 12.1. The molecule has 0 spiro atoms. The minimum Gasteiger partial charge on any atom is -0.550 e. The zero-order chi connectivity index (χ0) is 23.5. The van der Waals surface area contributed by atoms with E-state index in [0.29, 0.717) is 23.4 Å². The topological polar surface area (TPSA) is 66.4 Å². The van der Waals surface area contributed by atoms with Crippen LogP contribution in [-0.4, -0.2) is 50.2 Å². The minimum atomic E-state index is -1.17. The molecule has 0 aromatic rings. The van der Waals surface area contributed by atoms with Crippen LogP contribution in [0.15, 0.2) is 0 Å². The molecule has 2 atom stereocenters. The maximum Gasteiger partial charge on any atom is 0.306 e. The Kier molecular flexibility index (Phi) is 17.8. The molecule has 0 aliphatic rings. The van der Waals surface area contributed by atoms with E-state index in [9.17, 15) is 14.7 Å². The number of quaternary nitrogens is 1. The van der Waals surface area contributed by atoms with E-state index < -0.39 is 12.1 Å². The van der Waals surface area contributed by atoms with Gasteiger partial charge >= 0.3 is 5.97 Å². The molecule has 0 amide bonds. The van der Waals surface area contributed by atoms with Crippen LogP contribution in [0.4, 0.5) is 0 Å². The lowest BCUT2D eigenvalue weighted by molar-refractivity contribution is -0.873. The van der Waals surface area contributed by atoms with Crippen molar-refractivity contribution >= 4 is 11.9 Å². The van der Waals surface area contributed by atoms with Crippen molar-refractivity contribution in [3.8, 4) is 0 Å². The highest BCUT2D eigenvalue weighted by Crippen LogP contribution is 2.18. The van der Waals surface area contributed by atoms with Crippen LogP contribution in [0, 0.1) is 5.92 Å². The van der Waals surface area contributed by atoms with E-state index >= 15 is 0 Å². The van der Waals surface area contributed by atoms with Gasteiger partial charge in [0.1, 0.15) is 6.54 Å². The molecule has 0 aromatic carbocycles. The monoisotopic (exact) mass is 441 g/mol. The first-order chi connectivity index (χ1) is 14.6. The number of aliphatic carboxylic acids is 1. The van der Waals surface area contributed by atoms with Gasteiger partial charge in [-0.2, -0.15) is 0 Å². The average Bonchev–Trinajstić information content (AvgIpc) is 2.64. The van der Waals surface area contributed by atoms with E-state index in [0.717, 1.165) is 12.8 Å². The van der Waals surface area contributed by atoms with Gasteiger partial charge in [0, 0.05) is 18.8 Å². The lowest BCUT2D eigenvalue weighted by Crippen LogP contribution is -2.45. The van der Waals surface area contributed by atoms with Gasteiger partial charge in [-0.05, 0) is 12.3 Å². The molecule has 0 N–H and O–H groups in total. The molecule has 5 nitrogen and oxygen atoms in total. The van der Waals surface area contributed by atoms with Crippen molar-refractivity contribution in [1.29, 1.82) is 0 Å². The number of carboxylic acids is 1. The van der Waals surface area contributed by atoms with Gasteiger partial charge < -0.3 is 19.1 Å². The number of carbonyl (C=O) groups excluding carboxylic acids is 2. The van der Waals surface area contributed by atoms with Crippen LogP contribution in [0.3, 0.4) is 0 Å². The third-order valence-electron chi connectivity index (χ3n) is 5.82. The molecular formula is C26H51NO4. The summed E-state index contributed by atoms with van der Waals surface area (Å²) in [6.07, 6.45) is 17.6. The fourth-order valence-corrected chi connectivity index (χ4v) is 4.08. The lowest BCUT2D eigenvalue weighted by atomic mass is 9.96. The molecule has 0 radical (unpaired) electrons. The summed E-state index contributed by atoms with van der Waals surface area (Å²) >= 11 is 0.